The Morgan fingerprint density at radius 3 is 2.74 bits per heavy atom. The number of aromatic nitrogens is 1. The van der Waals surface area contributed by atoms with E-state index in [1.165, 1.54) is 13.4 Å². The van der Waals surface area contributed by atoms with Gasteiger partial charge in [0.15, 0.2) is 11.7 Å². The Labute approximate surface area is 155 Å². The summed E-state index contributed by atoms with van der Waals surface area (Å²) in [5, 5.41) is 2.57. The molecule has 1 unspecified atom stereocenters. The first kappa shape index (κ1) is 19.8. The van der Waals surface area contributed by atoms with E-state index in [0.717, 1.165) is 0 Å². The molecule has 1 atom stereocenters. The summed E-state index contributed by atoms with van der Waals surface area (Å²) in [7, 11) is 1.24. The molecule has 0 aliphatic carbocycles. The van der Waals surface area contributed by atoms with Crippen molar-refractivity contribution in [2.75, 3.05) is 19.4 Å². The van der Waals surface area contributed by atoms with Gasteiger partial charge in [0.05, 0.1) is 12.7 Å². The molecule has 1 amide bonds. The van der Waals surface area contributed by atoms with Crippen molar-refractivity contribution in [3.63, 3.8) is 0 Å². The van der Waals surface area contributed by atoms with Crippen LogP contribution >= 0.6 is 0 Å². The largest absolute Gasteiger partial charge is 0.467 e. The number of nitrogens with one attached hydrogen (secondary N) is 1. The molecule has 0 aliphatic rings. The molecule has 0 aliphatic heterocycles. The summed E-state index contributed by atoms with van der Waals surface area (Å²) in [6, 6.07) is 6.11. The van der Waals surface area contributed by atoms with Gasteiger partial charge in [-0.3, -0.25) is 9.79 Å². The number of rotatable bonds is 8. The number of hydrogen-bond donors (Lipinski definition) is 4. The van der Waals surface area contributed by atoms with Crippen LogP contribution in [0.15, 0.2) is 39.9 Å². The monoisotopic (exact) mass is 374 g/mol. The SMILES string of the molecule is COC(=O)C(CCCN=C(N)N)NC(=O)c1coc(-c2ccccc2N)n1. The standard InChI is InChI=1S/C17H22N6O4/c1-26-16(25)12(7-4-8-21-17(19)20)22-14(24)13-9-27-15(23-13)10-5-2-3-6-11(10)18/h2-3,5-6,9,12H,4,7-8,18H2,1H3,(H,22,24)(H4,19,20,21). The third-order valence-electron chi connectivity index (χ3n) is 3.66. The van der Waals surface area contributed by atoms with Crippen molar-refractivity contribution < 1.29 is 18.7 Å². The van der Waals surface area contributed by atoms with Gasteiger partial charge in [0.2, 0.25) is 5.89 Å². The Hall–Kier alpha value is -3.56. The van der Waals surface area contributed by atoms with E-state index in [9.17, 15) is 9.59 Å². The first-order valence-corrected chi connectivity index (χ1v) is 8.17. The van der Waals surface area contributed by atoms with Crippen molar-refractivity contribution in [2.24, 2.45) is 16.5 Å². The third-order valence-corrected chi connectivity index (χ3v) is 3.66. The maximum absolute atomic E-state index is 12.4. The number of guanidine groups is 1. The zero-order valence-corrected chi connectivity index (χ0v) is 14.8. The molecule has 144 valence electrons. The number of carbonyl (C=O) groups is 2. The van der Waals surface area contributed by atoms with Gasteiger partial charge in [-0.05, 0) is 25.0 Å². The van der Waals surface area contributed by atoms with Gasteiger partial charge in [-0.1, -0.05) is 12.1 Å². The number of oxazole rings is 1. The number of nitrogens with zero attached hydrogens (tertiary/aromatic N) is 2. The zero-order valence-electron chi connectivity index (χ0n) is 14.8. The number of nitrogens with two attached hydrogens (primary N) is 3. The molecule has 2 aromatic rings. The molecule has 10 heteroatoms. The van der Waals surface area contributed by atoms with Gasteiger partial charge in [-0.15, -0.1) is 0 Å². The number of aliphatic imine (C=N–C) groups is 1. The molecule has 0 radical (unpaired) electrons. The fourth-order valence-corrected chi connectivity index (χ4v) is 2.32. The summed E-state index contributed by atoms with van der Waals surface area (Å²) in [5.41, 5.74) is 17.4. The maximum Gasteiger partial charge on any atom is 0.328 e. The zero-order chi connectivity index (χ0) is 19.8. The summed E-state index contributed by atoms with van der Waals surface area (Å²) in [6.45, 7) is 0.326. The van der Waals surface area contributed by atoms with Crippen molar-refractivity contribution in [1.82, 2.24) is 10.3 Å². The third kappa shape index (κ3) is 5.46. The lowest BCUT2D eigenvalue weighted by molar-refractivity contribution is -0.143. The molecule has 2 rings (SSSR count). The molecule has 1 aromatic heterocycles. The van der Waals surface area contributed by atoms with E-state index in [1.807, 2.05) is 0 Å². The molecule has 7 N–H and O–H groups in total. The van der Waals surface area contributed by atoms with Crippen molar-refractivity contribution in [2.45, 2.75) is 18.9 Å². The topological polar surface area (TPSA) is 172 Å². The Balaban J connectivity index is 2.05. The van der Waals surface area contributed by atoms with E-state index < -0.39 is 17.9 Å². The molecule has 0 spiro atoms. The average Bonchev–Trinajstić information content (AvgIpc) is 3.13. The van der Waals surface area contributed by atoms with Crippen LogP contribution in [0.3, 0.4) is 0 Å². The van der Waals surface area contributed by atoms with Gasteiger partial charge in [0.25, 0.3) is 5.91 Å². The number of esters is 1. The number of anilines is 1. The summed E-state index contributed by atoms with van der Waals surface area (Å²) < 4.78 is 10.1. The number of methoxy groups -OCH3 is 1. The van der Waals surface area contributed by atoms with Crippen LogP contribution in [-0.2, 0) is 9.53 Å². The maximum atomic E-state index is 12.4. The predicted molar refractivity (Wildman–Crippen MR) is 99.5 cm³/mol. The second kappa shape index (κ2) is 9.22. The van der Waals surface area contributed by atoms with Crippen LogP contribution in [0.2, 0.25) is 0 Å². The fourth-order valence-electron chi connectivity index (χ4n) is 2.32. The van der Waals surface area contributed by atoms with Gasteiger partial charge >= 0.3 is 5.97 Å². The van der Waals surface area contributed by atoms with Gasteiger partial charge in [-0.25, -0.2) is 9.78 Å². The second-order valence-corrected chi connectivity index (χ2v) is 5.62. The second-order valence-electron chi connectivity index (χ2n) is 5.62. The van der Waals surface area contributed by atoms with E-state index in [2.05, 4.69) is 15.3 Å². The number of carbonyl (C=O) groups excluding carboxylic acids is 2. The fraction of sp³-hybridized carbons (Fsp3) is 0.294. The van der Waals surface area contributed by atoms with E-state index in [0.29, 0.717) is 30.6 Å². The highest BCUT2D eigenvalue weighted by Crippen LogP contribution is 2.24. The van der Waals surface area contributed by atoms with Gasteiger partial charge in [0.1, 0.15) is 12.3 Å². The Bertz CT molecular complexity index is 828. The molecular formula is C17H22N6O4. The van der Waals surface area contributed by atoms with E-state index in [-0.39, 0.29) is 17.5 Å². The van der Waals surface area contributed by atoms with E-state index in [4.69, 9.17) is 26.4 Å². The molecular weight excluding hydrogens is 352 g/mol. The summed E-state index contributed by atoms with van der Waals surface area (Å²) in [5.74, 6) is -0.981. The summed E-state index contributed by atoms with van der Waals surface area (Å²) in [4.78, 5) is 32.3. The van der Waals surface area contributed by atoms with Crippen molar-refractivity contribution in [3.05, 3.63) is 36.2 Å². The smallest absolute Gasteiger partial charge is 0.328 e. The molecule has 0 saturated carbocycles. The average molecular weight is 374 g/mol. The Kier molecular flexibility index (Phi) is 6.75. The lowest BCUT2D eigenvalue weighted by Gasteiger charge is -2.15. The van der Waals surface area contributed by atoms with Crippen LogP contribution in [0.4, 0.5) is 5.69 Å². The number of benzene rings is 1. The quantitative estimate of drug-likeness (QED) is 0.167. The molecule has 1 heterocycles. The lowest BCUT2D eigenvalue weighted by Crippen LogP contribution is -2.41. The van der Waals surface area contributed by atoms with Gasteiger partial charge in [0, 0.05) is 12.2 Å². The Morgan fingerprint density at radius 1 is 1.33 bits per heavy atom. The number of hydrogen-bond acceptors (Lipinski definition) is 7. The first-order chi connectivity index (χ1) is 12.9. The summed E-state index contributed by atoms with van der Waals surface area (Å²) in [6.07, 6.45) is 1.97. The highest BCUT2D eigenvalue weighted by atomic mass is 16.5. The first-order valence-electron chi connectivity index (χ1n) is 8.17. The van der Waals surface area contributed by atoms with Crippen molar-refractivity contribution >= 4 is 23.5 Å². The van der Waals surface area contributed by atoms with Gasteiger partial charge in [-0.2, -0.15) is 0 Å². The highest BCUT2D eigenvalue weighted by Gasteiger charge is 2.23. The van der Waals surface area contributed by atoms with Crippen LogP contribution < -0.4 is 22.5 Å². The number of amides is 1. The summed E-state index contributed by atoms with van der Waals surface area (Å²) >= 11 is 0. The molecule has 0 bridgehead atoms. The number of nitrogen functional groups attached to an aromatic ring is 1. The van der Waals surface area contributed by atoms with E-state index in [1.54, 1.807) is 24.3 Å². The molecule has 0 fully saturated rings. The molecule has 1 aromatic carbocycles. The van der Waals surface area contributed by atoms with Crippen LogP contribution in [0.1, 0.15) is 23.3 Å². The lowest BCUT2D eigenvalue weighted by atomic mass is 10.1. The van der Waals surface area contributed by atoms with E-state index >= 15 is 0 Å². The normalized spacial score (nSPS) is 11.4. The van der Waals surface area contributed by atoms with Crippen LogP contribution in [-0.4, -0.2) is 42.5 Å². The number of para-hydroxylation sites is 1. The predicted octanol–water partition coefficient (Wildman–Crippen LogP) is 0.249. The minimum Gasteiger partial charge on any atom is -0.467 e. The van der Waals surface area contributed by atoms with Crippen LogP contribution in [0, 0.1) is 0 Å². The number of ether oxygens (including phenoxy) is 1. The highest BCUT2D eigenvalue weighted by molar-refractivity contribution is 5.95. The van der Waals surface area contributed by atoms with Gasteiger partial charge < -0.3 is 31.7 Å². The molecule has 10 nitrogen and oxygen atoms in total. The minimum atomic E-state index is -0.862. The van der Waals surface area contributed by atoms with Crippen molar-refractivity contribution in [3.8, 4) is 11.5 Å². The minimum absolute atomic E-state index is 0.0198. The molecule has 27 heavy (non-hydrogen) atoms. The Morgan fingerprint density at radius 2 is 2.07 bits per heavy atom. The van der Waals surface area contributed by atoms with Crippen LogP contribution in [0.5, 0.6) is 0 Å². The molecule has 0 saturated heterocycles. The van der Waals surface area contributed by atoms with Crippen molar-refractivity contribution in [1.29, 1.82) is 0 Å². The van der Waals surface area contributed by atoms with Crippen LogP contribution in [0.25, 0.3) is 11.5 Å².